The summed E-state index contributed by atoms with van der Waals surface area (Å²) >= 11 is 0. The van der Waals surface area contributed by atoms with Gasteiger partial charge in [0.25, 0.3) is 11.8 Å². The number of amides is 3. The summed E-state index contributed by atoms with van der Waals surface area (Å²) in [5, 5.41) is 2.79. The lowest BCUT2D eigenvalue weighted by molar-refractivity contribution is -0.116. The van der Waals surface area contributed by atoms with Crippen LogP contribution in [0.25, 0.3) is 11.1 Å². The molecule has 0 bridgehead atoms. The average Bonchev–Trinajstić information content (AvgIpc) is 3.20. The highest BCUT2D eigenvalue weighted by Gasteiger charge is 2.35. The van der Waals surface area contributed by atoms with E-state index in [-0.39, 0.29) is 36.6 Å². The first-order valence-corrected chi connectivity index (χ1v) is 9.50. The normalized spacial score (nSPS) is 13.4. The predicted molar refractivity (Wildman–Crippen MR) is 108 cm³/mol. The Bertz CT molecular complexity index is 1150. The van der Waals surface area contributed by atoms with Crippen LogP contribution in [0.3, 0.4) is 0 Å². The van der Waals surface area contributed by atoms with Gasteiger partial charge in [0.2, 0.25) is 5.91 Å². The van der Waals surface area contributed by atoms with E-state index in [1.165, 1.54) is 0 Å². The highest BCUT2D eigenvalue weighted by Crippen LogP contribution is 2.25. The summed E-state index contributed by atoms with van der Waals surface area (Å²) in [4.78, 5) is 42.8. The molecule has 0 saturated heterocycles. The fourth-order valence-corrected chi connectivity index (χ4v) is 3.31. The van der Waals surface area contributed by atoms with Crippen molar-refractivity contribution in [3.8, 4) is 0 Å². The molecule has 0 saturated carbocycles. The molecule has 1 aliphatic heterocycles. The summed E-state index contributed by atoms with van der Waals surface area (Å²) in [6, 6.07) is 10.4. The van der Waals surface area contributed by atoms with E-state index in [1.807, 2.05) is 20.8 Å². The third-order valence-electron chi connectivity index (χ3n) is 4.87. The van der Waals surface area contributed by atoms with E-state index < -0.39 is 0 Å². The number of oxazole rings is 1. The summed E-state index contributed by atoms with van der Waals surface area (Å²) in [5.41, 5.74) is 3.61. The zero-order valence-electron chi connectivity index (χ0n) is 16.5. The van der Waals surface area contributed by atoms with Crippen LogP contribution in [0.5, 0.6) is 0 Å². The number of nitrogens with one attached hydrogen (secondary N) is 1. The van der Waals surface area contributed by atoms with Crippen molar-refractivity contribution in [3.63, 3.8) is 0 Å². The van der Waals surface area contributed by atoms with Gasteiger partial charge < -0.3 is 9.73 Å². The van der Waals surface area contributed by atoms with Crippen molar-refractivity contribution in [2.75, 3.05) is 11.9 Å². The number of fused-ring (bicyclic) bond motifs is 2. The number of rotatable bonds is 5. The molecule has 0 aliphatic carbocycles. The molecule has 3 aromatic rings. The van der Waals surface area contributed by atoms with Gasteiger partial charge >= 0.3 is 0 Å². The third kappa shape index (κ3) is 3.51. The van der Waals surface area contributed by atoms with E-state index in [4.69, 9.17) is 4.42 Å². The quantitative estimate of drug-likeness (QED) is 0.666. The van der Waals surface area contributed by atoms with Crippen LogP contribution in [0.4, 0.5) is 5.69 Å². The molecule has 0 radical (unpaired) electrons. The van der Waals surface area contributed by atoms with E-state index >= 15 is 0 Å². The van der Waals surface area contributed by atoms with Crippen LogP contribution in [-0.4, -0.2) is 34.2 Å². The first-order chi connectivity index (χ1) is 13.8. The minimum absolute atomic E-state index is 0.0124. The zero-order chi connectivity index (χ0) is 20.7. The van der Waals surface area contributed by atoms with Crippen LogP contribution in [0.15, 0.2) is 40.8 Å². The number of anilines is 1. The molecule has 4 rings (SSSR count). The summed E-state index contributed by atoms with van der Waals surface area (Å²) in [5.74, 6) is -0.187. The summed E-state index contributed by atoms with van der Waals surface area (Å²) < 4.78 is 5.66. The number of nitrogens with zero attached hydrogens (tertiary/aromatic N) is 2. The van der Waals surface area contributed by atoms with Gasteiger partial charge in [-0.05, 0) is 37.3 Å². The first-order valence-electron chi connectivity index (χ1n) is 9.50. The number of aryl methyl sites for hydroxylation is 1. The Labute approximate surface area is 167 Å². The molecular formula is C22H21N3O4. The maximum Gasteiger partial charge on any atom is 0.261 e. The molecule has 7 heteroatoms. The molecule has 0 unspecified atom stereocenters. The molecule has 0 spiro atoms. The van der Waals surface area contributed by atoms with Crippen molar-refractivity contribution in [2.45, 2.75) is 33.1 Å². The lowest BCUT2D eigenvalue weighted by Gasteiger charge is -2.13. The molecule has 1 aromatic heterocycles. The van der Waals surface area contributed by atoms with E-state index in [1.54, 1.807) is 36.4 Å². The van der Waals surface area contributed by atoms with Crippen LogP contribution in [0, 0.1) is 6.92 Å². The number of hydrogen-bond acceptors (Lipinski definition) is 5. The smallest absolute Gasteiger partial charge is 0.261 e. The second-order valence-corrected chi connectivity index (χ2v) is 7.50. The Hall–Kier alpha value is -3.48. The van der Waals surface area contributed by atoms with Crippen LogP contribution in [0.1, 0.15) is 58.4 Å². The zero-order valence-corrected chi connectivity index (χ0v) is 16.5. The maximum absolute atomic E-state index is 12.5. The van der Waals surface area contributed by atoms with Gasteiger partial charge in [0.05, 0.1) is 11.1 Å². The van der Waals surface area contributed by atoms with E-state index in [2.05, 4.69) is 10.3 Å². The number of imide groups is 1. The second-order valence-electron chi connectivity index (χ2n) is 7.50. The monoisotopic (exact) mass is 391 g/mol. The maximum atomic E-state index is 12.5. The summed E-state index contributed by atoms with van der Waals surface area (Å²) in [7, 11) is 0. The molecular weight excluding hydrogens is 370 g/mol. The van der Waals surface area contributed by atoms with Crippen molar-refractivity contribution in [3.05, 3.63) is 59.0 Å². The molecule has 2 heterocycles. The Morgan fingerprint density at radius 2 is 1.86 bits per heavy atom. The van der Waals surface area contributed by atoms with Crippen molar-refractivity contribution in [2.24, 2.45) is 0 Å². The van der Waals surface area contributed by atoms with Gasteiger partial charge in [-0.25, -0.2) is 4.98 Å². The van der Waals surface area contributed by atoms with Crippen LogP contribution >= 0.6 is 0 Å². The Morgan fingerprint density at radius 3 is 2.62 bits per heavy atom. The van der Waals surface area contributed by atoms with Gasteiger partial charge in [0.15, 0.2) is 11.5 Å². The lowest BCUT2D eigenvalue weighted by atomic mass is 10.1. The van der Waals surface area contributed by atoms with Gasteiger partial charge in [0.1, 0.15) is 5.52 Å². The number of carbonyl (C=O) groups excluding carboxylic acids is 3. The molecule has 148 valence electrons. The lowest BCUT2D eigenvalue weighted by Crippen LogP contribution is -2.32. The molecule has 3 amide bonds. The van der Waals surface area contributed by atoms with Crippen molar-refractivity contribution in [1.82, 2.24) is 9.88 Å². The SMILES string of the molecule is Cc1ccc2c(c1)C(=O)N(CCC(=O)Nc1ccc3oc(C(C)C)nc3c1)C2=O. The summed E-state index contributed by atoms with van der Waals surface area (Å²) in [6.45, 7) is 5.88. The summed E-state index contributed by atoms with van der Waals surface area (Å²) in [6.07, 6.45) is 0.0124. The molecule has 1 N–H and O–H groups in total. The number of carbonyl (C=O) groups is 3. The van der Waals surface area contributed by atoms with Crippen molar-refractivity contribution in [1.29, 1.82) is 0 Å². The molecule has 2 aromatic carbocycles. The minimum Gasteiger partial charge on any atom is -0.440 e. The van der Waals surface area contributed by atoms with Crippen molar-refractivity contribution >= 4 is 34.5 Å². The van der Waals surface area contributed by atoms with Gasteiger partial charge in [0, 0.05) is 24.6 Å². The van der Waals surface area contributed by atoms with Crippen LogP contribution in [0.2, 0.25) is 0 Å². The second kappa shape index (κ2) is 7.16. The van der Waals surface area contributed by atoms with E-state index in [0.29, 0.717) is 33.8 Å². The predicted octanol–water partition coefficient (Wildman–Crippen LogP) is 3.88. The minimum atomic E-state index is -0.358. The van der Waals surface area contributed by atoms with Crippen LogP contribution < -0.4 is 5.32 Å². The molecule has 0 atom stereocenters. The van der Waals surface area contributed by atoms with Gasteiger partial charge in [-0.15, -0.1) is 0 Å². The average molecular weight is 391 g/mol. The van der Waals surface area contributed by atoms with Gasteiger partial charge in [-0.1, -0.05) is 25.5 Å². The molecule has 1 aliphatic rings. The van der Waals surface area contributed by atoms with E-state index in [9.17, 15) is 14.4 Å². The standard InChI is InChI=1S/C22H21N3O4/c1-12(2)20-24-17-11-14(5-7-18(17)29-20)23-19(26)8-9-25-21(27)15-6-4-13(3)10-16(15)22(25)28/h4-7,10-12H,8-9H2,1-3H3,(H,23,26). The first kappa shape index (κ1) is 18.9. The van der Waals surface area contributed by atoms with Gasteiger partial charge in [-0.2, -0.15) is 0 Å². The number of aromatic nitrogens is 1. The Kier molecular flexibility index (Phi) is 4.66. The van der Waals surface area contributed by atoms with Crippen molar-refractivity contribution < 1.29 is 18.8 Å². The number of hydrogen-bond donors (Lipinski definition) is 1. The molecule has 0 fully saturated rings. The third-order valence-corrected chi connectivity index (χ3v) is 4.87. The van der Waals surface area contributed by atoms with E-state index in [0.717, 1.165) is 10.5 Å². The Morgan fingerprint density at radius 1 is 1.10 bits per heavy atom. The molecule has 29 heavy (non-hydrogen) atoms. The molecule has 7 nitrogen and oxygen atoms in total. The topological polar surface area (TPSA) is 92.5 Å². The van der Waals surface area contributed by atoms with Gasteiger partial charge in [-0.3, -0.25) is 19.3 Å². The fourth-order valence-electron chi connectivity index (χ4n) is 3.31. The largest absolute Gasteiger partial charge is 0.440 e. The van der Waals surface area contributed by atoms with Crippen LogP contribution in [-0.2, 0) is 4.79 Å². The Balaban J connectivity index is 1.41. The highest BCUT2D eigenvalue weighted by atomic mass is 16.3. The fraction of sp³-hybridized carbons (Fsp3) is 0.273. The highest BCUT2D eigenvalue weighted by molar-refractivity contribution is 6.21. The number of benzene rings is 2.